The minimum absolute atomic E-state index is 0.364. The molecule has 0 amide bonds. The highest BCUT2D eigenvalue weighted by atomic mass is 79.9. The Balaban J connectivity index is 2.43. The van der Waals surface area contributed by atoms with Crippen molar-refractivity contribution in [2.24, 2.45) is 0 Å². The highest BCUT2D eigenvalue weighted by Gasteiger charge is 2.22. The van der Waals surface area contributed by atoms with Gasteiger partial charge in [0.1, 0.15) is 0 Å². The van der Waals surface area contributed by atoms with Crippen LogP contribution in [0.2, 0.25) is 0 Å². The summed E-state index contributed by atoms with van der Waals surface area (Å²) in [6, 6.07) is 6.72. The lowest BCUT2D eigenvalue weighted by molar-refractivity contribution is 0.306. The normalized spacial score (nSPS) is 17.7. The molecule has 0 saturated heterocycles. The smallest absolute Gasteiger partial charge is 0.0581 e. The average Bonchev–Trinajstić information content (AvgIpc) is 2.33. The summed E-state index contributed by atoms with van der Waals surface area (Å²) in [7, 11) is 0. The van der Waals surface area contributed by atoms with E-state index in [0.717, 1.165) is 17.4 Å². The molecule has 0 radical (unpaired) electrons. The summed E-state index contributed by atoms with van der Waals surface area (Å²) in [6.07, 6.45) is 9.15. The second-order valence-corrected chi connectivity index (χ2v) is 4.94. The summed E-state index contributed by atoms with van der Waals surface area (Å²) in [5.74, 6) is 0. The van der Waals surface area contributed by atoms with Crippen LogP contribution in [0.15, 0.2) is 54.2 Å². The molecule has 0 saturated carbocycles. The monoisotopic (exact) mass is 289 g/mol. The molecule has 1 aromatic carbocycles. The van der Waals surface area contributed by atoms with E-state index in [-0.39, 0.29) is 0 Å². The maximum atomic E-state index is 3.86. The minimum Gasteiger partial charge on any atom is -0.366 e. The molecule has 88 valence electrons. The molecule has 1 nitrogen and oxygen atoms in total. The minimum atomic E-state index is 0.364. The maximum absolute atomic E-state index is 3.86. The molecule has 1 aromatic rings. The largest absolute Gasteiger partial charge is 0.366 e. The lowest BCUT2D eigenvalue weighted by atomic mass is 9.94. The first-order valence-electron chi connectivity index (χ1n) is 5.72. The number of rotatable bonds is 4. The summed E-state index contributed by atoms with van der Waals surface area (Å²) in [4.78, 5) is 2.30. The molecule has 0 N–H and O–H groups in total. The number of halogens is 1. The van der Waals surface area contributed by atoms with Crippen LogP contribution in [-0.4, -0.2) is 11.4 Å². The second kappa shape index (κ2) is 5.37. The Bertz CT molecular complexity index is 462. The van der Waals surface area contributed by atoms with E-state index in [1.165, 1.54) is 11.1 Å². The zero-order chi connectivity index (χ0) is 12.3. The van der Waals surface area contributed by atoms with Crippen LogP contribution in [0.3, 0.4) is 0 Å². The topological polar surface area (TPSA) is 3.24 Å². The van der Waals surface area contributed by atoms with Crippen LogP contribution in [0.25, 0.3) is 6.08 Å². The lowest BCUT2D eigenvalue weighted by Crippen LogP contribution is -2.26. The van der Waals surface area contributed by atoms with Gasteiger partial charge in [-0.15, -0.1) is 13.2 Å². The molecule has 2 heteroatoms. The Kier molecular flexibility index (Phi) is 3.85. The molecule has 17 heavy (non-hydrogen) atoms. The van der Waals surface area contributed by atoms with Gasteiger partial charge < -0.3 is 4.90 Å². The number of hydrogen-bond donors (Lipinski definition) is 0. The van der Waals surface area contributed by atoms with Gasteiger partial charge in [0.05, 0.1) is 6.04 Å². The molecule has 1 aliphatic heterocycles. The Morgan fingerprint density at radius 3 is 2.82 bits per heavy atom. The number of fused-ring (bicyclic) bond motifs is 1. The van der Waals surface area contributed by atoms with Gasteiger partial charge >= 0.3 is 0 Å². The van der Waals surface area contributed by atoms with Crippen LogP contribution in [0, 0.1) is 0 Å². The van der Waals surface area contributed by atoms with Crippen LogP contribution in [0.4, 0.5) is 0 Å². The van der Waals surface area contributed by atoms with Crippen LogP contribution in [0.1, 0.15) is 23.6 Å². The Morgan fingerprint density at radius 1 is 1.29 bits per heavy atom. The SMILES string of the molecule is C=CCC1c2cccc(Br)c2C=CN1CC=C. The van der Waals surface area contributed by atoms with Crippen molar-refractivity contribution >= 4 is 22.0 Å². The van der Waals surface area contributed by atoms with E-state index in [0.29, 0.717) is 6.04 Å². The third-order valence-electron chi connectivity index (χ3n) is 3.01. The highest BCUT2D eigenvalue weighted by Crippen LogP contribution is 2.36. The van der Waals surface area contributed by atoms with Crippen molar-refractivity contribution in [2.75, 3.05) is 6.54 Å². The molecule has 0 fully saturated rings. The molecule has 1 heterocycles. The van der Waals surface area contributed by atoms with Crippen molar-refractivity contribution in [2.45, 2.75) is 12.5 Å². The summed E-state index contributed by atoms with van der Waals surface area (Å²) >= 11 is 3.60. The van der Waals surface area contributed by atoms with E-state index >= 15 is 0 Å². The highest BCUT2D eigenvalue weighted by molar-refractivity contribution is 9.10. The Labute approximate surface area is 111 Å². The van der Waals surface area contributed by atoms with Crippen molar-refractivity contribution in [1.29, 1.82) is 0 Å². The predicted molar refractivity (Wildman–Crippen MR) is 77.6 cm³/mol. The van der Waals surface area contributed by atoms with E-state index < -0.39 is 0 Å². The summed E-state index contributed by atoms with van der Waals surface area (Å²) in [6.45, 7) is 8.53. The van der Waals surface area contributed by atoms with Crippen LogP contribution >= 0.6 is 15.9 Å². The first-order chi connectivity index (χ1) is 8.27. The summed E-state index contributed by atoms with van der Waals surface area (Å²) < 4.78 is 1.15. The average molecular weight is 290 g/mol. The van der Waals surface area contributed by atoms with E-state index in [2.05, 4.69) is 64.5 Å². The molecule has 1 unspecified atom stereocenters. The Hall–Kier alpha value is -1.28. The van der Waals surface area contributed by atoms with Crippen LogP contribution in [0.5, 0.6) is 0 Å². The van der Waals surface area contributed by atoms with Gasteiger partial charge in [0.25, 0.3) is 0 Å². The van der Waals surface area contributed by atoms with Crippen molar-refractivity contribution in [1.82, 2.24) is 4.90 Å². The fourth-order valence-electron chi connectivity index (χ4n) is 2.23. The molecule has 1 atom stereocenters. The van der Waals surface area contributed by atoms with Gasteiger partial charge in [-0.05, 0) is 29.7 Å². The van der Waals surface area contributed by atoms with E-state index in [1.54, 1.807) is 0 Å². The molecule has 0 aliphatic carbocycles. The van der Waals surface area contributed by atoms with Gasteiger partial charge in [0.2, 0.25) is 0 Å². The van der Waals surface area contributed by atoms with E-state index in [1.807, 2.05) is 12.2 Å². The fourth-order valence-corrected chi connectivity index (χ4v) is 2.74. The molecule has 2 rings (SSSR count). The maximum Gasteiger partial charge on any atom is 0.0581 e. The molecule has 0 aromatic heterocycles. The third kappa shape index (κ3) is 2.37. The van der Waals surface area contributed by atoms with Crippen molar-refractivity contribution in [3.05, 3.63) is 65.3 Å². The van der Waals surface area contributed by atoms with Gasteiger partial charge in [-0.25, -0.2) is 0 Å². The van der Waals surface area contributed by atoms with Gasteiger partial charge in [0.15, 0.2) is 0 Å². The molecule has 0 bridgehead atoms. The van der Waals surface area contributed by atoms with Crippen molar-refractivity contribution in [3.63, 3.8) is 0 Å². The van der Waals surface area contributed by atoms with Gasteiger partial charge in [-0.1, -0.05) is 40.2 Å². The van der Waals surface area contributed by atoms with Crippen molar-refractivity contribution < 1.29 is 0 Å². The predicted octanol–water partition coefficient (Wildman–Crippen LogP) is 4.54. The first-order valence-corrected chi connectivity index (χ1v) is 6.51. The number of nitrogens with zero attached hydrogens (tertiary/aromatic N) is 1. The van der Waals surface area contributed by atoms with Gasteiger partial charge in [0, 0.05) is 17.2 Å². The quantitative estimate of drug-likeness (QED) is 0.736. The third-order valence-corrected chi connectivity index (χ3v) is 3.70. The molecule has 0 spiro atoms. The van der Waals surface area contributed by atoms with E-state index in [4.69, 9.17) is 0 Å². The van der Waals surface area contributed by atoms with Crippen molar-refractivity contribution in [3.8, 4) is 0 Å². The molecular formula is C15H16BrN. The summed E-state index contributed by atoms with van der Waals surface area (Å²) in [5, 5.41) is 0. The number of hydrogen-bond acceptors (Lipinski definition) is 1. The van der Waals surface area contributed by atoms with Crippen LogP contribution in [-0.2, 0) is 0 Å². The van der Waals surface area contributed by atoms with E-state index in [9.17, 15) is 0 Å². The molecule has 1 aliphatic rings. The summed E-state index contributed by atoms with van der Waals surface area (Å²) in [5.41, 5.74) is 2.63. The van der Waals surface area contributed by atoms with Crippen LogP contribution < -0.4 is 0 Å². The Morgan fingerprint density at radius 2 is 2.12 bits per heavy atom. The zero-order valence-electron chi connectivity index (χ0n) is 9.77. The van der Waals surface area contributed by atoms with Gasteiger partial charge in [-0.3, -0.25) is 0 Å². The second-order valence-electron chi connectivity index (χ2n) is 4.08. The molecular weight excluding hydrogens is 274 g/mol. The fraction of sp³-hybridized carbons (Fsp3) is 0.200. The standard InChI is InChI=1S/C15H16BrN/c1-3-6-15-13-7-5-8-14(16)12(13)9-11-17(15)10-4-2/h3-5,7-9,11,15H,1-2,6,10H2. The van der Waals surface area contributed by atoms with Gasteiger partial charge in [-0.2, -0.15) is 0 Å². The first kappa shape index (κ1) is 12.2. The zero-order valence-corrected chi connectivity index (χ0v) is 11.4. The number of benzene rings is 1. The lowest BCUT2D eigenvalue weighted by Gasteiger charge is -2.34.